The normalized spacial score (nSPS) is 23.5. The van der Waals surface area contributed by atoms with Gasteiger partial charge in [0.2, 0.25) is 5.91 Å². The highest BCUT2D eigenvalue weighted by atomic mass is 16.2. The molecule has 2 aliphatic heterocycles. The van der Waals surface area contributed by atoms with Crippen molar-refractivity contribution >= 4 is 5.91 Å². The van der Waals surface area contributed by atoms with Crippen LogP contribution in [0.3, 0.4) is 0 Å². The second-order valence-electron chi connectivity index (χ2n) is 8.46. The summed E-state index contributed by atoms with van der Waals surface area (Å²) in [6.45, 7) is 7.86. The molecule has 2 aromatic heterocycles. The molecule has 1 atom stereocenters. The van der Waals surface area contributed by atoms with Gasteiger partial charge in [-0.2, -0.15) is 0 Å². The number of imidazole rings is 1. The molecule has 0 aliphatic carbocycles. The first kappa shape index (κ1) is 19.1. The number of carbonyl (C=O) groups excluding carboxylic acids is 1. The lowest BCUT2D eigenvalue weighted by Crippen LogP contribution is -2.53. The third kappa shape index (κ3) is 4.27. The first-order valence-electron chi connectivity index (χ1n) is 10.6. The van der Waals surface area contributed by atoms with Crippen LogP contribution < -0.4 is 0 Å². The molecule has 6 nitrogen and oxygen atoms in total. The van der Waals surface area contributed by atoms with Crippen molar-refractivity contribution < 1.29 is 4.79 Å². The van der Waals surface area contributed by atoms with E-state index >= 15 is 0 Å². The van der Waals surface area contributed by atoms with Crippen LogP contribution in [0.4, 0.5) is 0 Å². The van der Waals surface area contributed by atoms with Gasteiger partial charge in [0, 0.05) is 62.8 Å². The topological polar surface area (TPSA) is 54.3 Å². The Kier molecular flexibility index (Phi) is 5.76. The molecule has 150 valence electrons. The predicted molar refractivity (Wildman–Crippen MR) is 108 cm³/mol. The van der Waals surface area contributed by atoms with Crippen molar-refractivity contribution in [3.63, 3.8) is 0 Å². The summed E-state index contributed by atoms with van der Waals surface area (Å²) in [5.74, 6) is 1.45. The second-order valence-corrected chi connectivity index (χ2v) is 8.46. The average Bonchev–Trinajstić information content (AvgIpc) is 3.13. The zero-order valence-electron chi connectivity index (χ0n) is 16.9. The number of hydrogen-bond acceptors (Lipinski definition) is 4. The van der Waals surface area contributed by atoms with Crippen LogP contribution in [0.15, 0.2) is 36.9 Å². The molecule has 0 saturated carbocycles. The van der Waals surface area contributed by atoms with Gasteiger partial charge in [-0.15, -0.1) is 0 Å². The van der Waals surface area contributed by atoms with Crippen LogP contribution in [-0.2, 0) is 24.4 Å². The first-order valence-corrected chi connectivity index (χ1v) is 10.6. The van der Waals surface area contributed by atoms with E-state index in [1.54, 1.807) is 6.20 Å². The molecule has 0 bridgehead atoms. The number of nitrogens with zero attached hydrogens (tertiary/aromatic N) is 5. The zero-order chi connectivity index (χ0) is 19.4. The fraction of sp³-hybridized carbons (Fsp3) is 0.591. The Labute approximate surface area is 167 Å². The highest BCUT2D eigenvalue weighted by Crippen LogP contribution is 2.39. The Balaban J connectivity index is 1.43. The molecule has 0 radical (unpaired) electrons. The molecule has 1 amide bonds. The van der Waals surface area contributed by atoms with E-state index in [1.165, 1.54) is 12.8 Å². The zero-order valence-corrected chi connectivity index (χ0v) is 16.9. The molecule has 2 fully saturated rings. The summed E-state index contributed by atoms with van der Waals surface area (Å²) in [7, 11) is 0. The second kappa shape index (κ2) is 8.43. The van der Waals surface area contributed by atoms with Crippen LogP contribution in [0, 0.1) is 5.41 Å². The van der Waals surface area contributed by atoms with Gasteiger partial charge in [0.25, 0.3) is 0 Å². The molecule has 4 heterocycles. The number of amides is 1. The first-order chi connectivity index (χ1) is 13.7. The maximum Gasteiger partial charge on any atom is 0.222 e. The van der Waals surface area contributed by atoms with Crippen molar-refractivity contribution in [1.29, 1.82) is 0 Å². The van der Waals surface area contributed by atoms with Crippen LogP contribution in [0.25, 0.3) is 0 Å². The third-order valence-electron chi connectivity index (χ3n) is 6.22. The van der Waals surface area contributed by atoms with Crippen molar-refractivity contribution in [3.8, 4) is 0 Å². The lowest BCUT2D eigenvalue weighted by atomic mass is 9.73. The smallest absolute Gasteiger partial charge is 0.222 e. The largest absolute Gasteiger partial charge is 0.338 e. The Morgan fingerprint density at radius 1 is 1.18 bits per heavy atom. The summed E-state index contributed by atoms with van der Waals surface area (Å²) in [6, 6.07) is 4.00. The van der Waals surface area contributed by atoms with Gasteiger partial charge in [-0.25, -0.2) is 4.98 Å². The van der Waals surface area contributed by atoms with Crippen molar-refractivity contribution in [2.24, 2.45) is 5.41 Å². The number of aryl methyl sites for hydroxylation is 1. The van der Waals surface area contributed by atoms with E-state index in [0.29, 0.717) is 13.0 Å². The lowest BCUT2D eigenvalue weighted by Gasteiger charge is -2.48. The highest BCUT2D eigenvalue weighted by molar-refractivity contribution is 5.77. The van der Waals surface area contributed by atoms with Gasteiger partial charge in [-0.05, 0) is 43.9 Å². The molecule has 1 unspecified atom stereocenters. The van der Waals surface area contributed by atoms with Crippen LogP contribution in [0.1, 0.15) is 50.4 Å². The van der Waals surface area contributed by atoms with E-state index in [4.69, 9.17) is 0 Å². The molecular weight excluding hydrogens is 350 g/mol. The summed E-state index contributed by atoms with van der Waals surface area (Å²) in [5, 5.41) is 0. The number of rotatable bonds is 6. The number of pyridine rings is 1. The van der Waals surface area contributed by atoms with Crippen LogP contribution >= 0.6 is 0 Å². The van der Waals surface area contributed by atoms with Crippen molar-refractivity contribution in [2.45, 2.75) is 58.7 Å². The molecule has 4 rings (SSSR count). The minimum absolute atomic E-state index is 0.219. The maximum atomic E-state index is 12.6. The average molecular weight is 382 g/mol. The minimum Gasteiger partial charge on any atom is -0.338 e. The molecule has 2 saturated heterocycles. The standard InChI is InChI=1S/C22H31N5O/c1-2-11-26-13-10-24-20(26)16-25-12-4-7-22(17-25)8-6-21(28)27(18-22)15-19-5-3-9-23-14-19/h3,5,9-10,13-14H,2,4,6-8,11-12,15-18H2,1H3. The maximum absolute atomic E-state index is 12.6. The number of carbonyl (C=O) groups is 1. The summed E-state index contributed by atoms with van der Waals surface area (Å²) in [4.78, 5) is 26.0. The Morgan fingerprint density at radius 2 is 2.11 bits per heavy atom. The van der Waals surface area contributed by atoms with Crippen molar-refractivity contribution in [1.82, 2.24) is 24.3 Å². The third-order valence-corrected chi connectivity index (χ3v) is 6.22. The number of aromatic nitrogens is 3. The molecule has 28 heavy (non-hydrogen) atoms. The summed E-state index contributed by atoms with van der Waals surface area (Å²) in [6.07, 6.45) is 12.9. The van der Waals surface area contributed by atoms with Crippen molar-refractivity contribution in [3.05, 3.63) is 48.3 Å². The molecule has 1 spiro atoms. The van der Waals surface area contributed by atoms with Gasteiger partial charge in [0.15, 0.2) is 0 Å². The summed E-state index contributed by atoms with van der Waals surface area (Å²) in [5.41, 5.74) is 1.33. The minimum atomic E-state index is 0.219. The quantitative estimate of drug-likeness (QED) is 0.772. The Morgan fingerprint density at radius 3 is 2.93 bits per heavy atom. The molecular formula is C22H31N5O. The summed E-state index contributed by atoms with van der Waals surface area (Å²) >= 11 is 0. The SMILES string of the molecule is CCCn1ccnc1CN1CCCC2(CCC(=O)N(Cc3cccnc3)C2)C1. The number of piperidine rings is 2. The van der Waals surface area contributed by atoms with E-state index in [2.05, 4.69) is 43.5 Å². The van der Waals surface area contributed by atoms with Gasteiger partial charge < -0.3 is 9.47 Å². The van der Waals surface area contributed by atoms with Gasteiger partial charge in [0.05, 0.1) is 6.54 Å². The molecule has 2 aliphatic rings. The molecule has 0 aromatic carbocycles. The highest BCUT2D eigenvalue weighted by Gasteiger charge is 2.41. The van der Waals surface area contributed by atoms with E-state index in [0.717, 1.165) is 57.0 Å². The van der Waals surface area contributed by atoms with E-state index in [9.17, 15) is 4.79 Å². The Bertz CT molecular complexity index is 789. The van der Waals surface area contributed by atoms with Crippen LogP contribution in [0.5, 0.6) is 0 Å². The molecule has 0 N–H and O–H groups in total. The van der Waals surface area contributed by atoms with Crippen molar-refractivity contribution in [2.75, 3.05) is 19.6 Å². The number of hydrogen-bond donors (Lipinski definition) is 0. The monoisotopic (exact) mass is 381 g/mol. The predicted octanol–water partition coefficient (Wildman–Crippen LogP) is 3.09. The fourth-order valence-corrected chi connectivity index (χ4v) is 4.87. The van der Waals surface area contributed by atoms with Crippen LogP contribution in [0.2, 0.25) is 0 Å². The van der Waals surface area contributed by atoms with Gasteiger partial charge in [-0.3, -0.25) is 14.7 Å². The molecule has 2 aromatic rings. The Hall–Kier alpha value is -2.21. The van der Waals surface area contributed by atoms with E-state index in [-0.39, 0.29) is 11.3 Å². The summed E-state index contributed by atoms with van der Waals surface area (Å²) < 4.78 is 2.28. The van der Waals surface area contributed by atoms with Gasteiger partial charge in [-0.1, -0.05) is 13.0 Å². The van der Waals surface area contributed by atoms with E-state index in [1.807, 2.05) is 18.5 Å². The lowest BCUT2D eigenvalue weighted by molar-refractivity contribution is -0.140. The fourth-order valence-electron chi connectivity index (χ4n) is 4.87. The number of likely N-dealkylation sites (tertiary alicyclic amines) is 2. The van der Waals surface area contributed by atoms with Crippen LogP contribution in [-0.4, -0.2) is 49.9 Å². The van der Waals surface area contributed by atoms with E-state index < -0.39 is 0 Å². The van der Waals surface area contributed by atoms with Gasteiger partial charge in [0.1, 0.15) is 5.82 Å². The van der Waals surface area contributed by atoms with Gasteiger partial charge >= 0.3 is 0 Å². The molecule has 6 heteroatoms.